The van der Waals surface area contributed by atoms with E-state index < -0.39 is 0 Å². The number of rotatable bonds is 4. The summed E-state index contributed by atoms with van der Waals surface area (Å²) in [6, 6.07) is 0.340. The molecule has 0 aromatic carbocycles. The molecule has 1 amide bonds. The number of hydrogen-bond donors (Lipinski definition) is 2. The average Bonchev–Trinajstić information content (AvgIpc) is 2.99. The molecule has 3 atom stereocenters. The first kappa shape index (κ1) is 17.4. The van der Waals surface area contributed by atoms with Crippen molar-refractivity contribution in [2.75, 3.05) is 43.4 Å². The first-order valence-electron chi connectivity index (χ1n) is 8.89. The molecule has 1 aliphatic carbocycles. The Balaban J connectivity index is 1.43. The predicted octanol–water partition coefficient (Wildman–Crippen LogP) is 1.18. The smallest absolute Gasteiger partial charge is 0.234 e. The normalized spacial score (nSPS) is 28.8. The Kier molecular flexibility index (Phi) is 5.55. The van der Waals surface area contributed by atoms with Crippen LogP contribution in [0.3, 0.4) is 0 Å². The van der Waals surface area contributed by atoms with E-state index in [0.717, 1.165) is 37.7 Å². The highest BCUT2D eigenvalue weighted by molar-refractivity contribution is 7.09. The molecule has 2 fully saturated rings. The van der Waals surface area contributed by atoms with Gasteiger partial charge in [-0.15, -0.1) is 0 Å². The number of nitrogens with zero attached hydrogens (tertiary/aromatic N) is 4. The molecule has 3 rings (SSSR count). The summed E-state index contributed by atoms with van der Waals surface area (Å²) in [4.78, 5) is 21.0. The molecule has 1 aliphatic heterocycles. The van der Waals surface area contributed by atoms with Gasteiger partial charge in [0.2, 0.25) is 17.0 Å². The van der Waals surface area contributed by atoms with Gasteiger partial charge in [-0.3, -0.25) is 9.69 Å². The minimum Gasteiger partial charge on any atom is -0.367 e. The minimum absolute atomic E-state index is 0.162. The van der Waals surface area contributed by atoms with Crippen molar-refractivity contribution in [2.24, 2.45) is 11.8 Å². The van der Waals surface area contributed by atoms with E-state index in [4.69, 9.17) is 5.73 Å². The number of nitrogens with two attached hydrogens (primary N) is 1. The van der Waals surface area contributed by atoms with Crippen LogP contribution in [-0.4, -0.2) is 58.9 Å². The van der Waals surface area contributed by atoms with Crippen molar-refractivity contribution in [3.63, 3.8) is 0 Å². The molecule has 1 saturated carbocycles. The number of amides is 1. The molecule has 24 heavy (non-hydrogen) atoms. The lowest BCUT2D eigenvalue weighted by Crippen LogP contribution is -2.52. The van der Waals surface area contributed by atoms with E-state index in [1.165, 1.54) is 24.4 Å². The van der Waals surface area contributed by atoms with Gasteiger partial charge < -0.3 is 16.0 Å². The van der Waals surface area contributed by atoms with Crippen molar-refractivity contribution in [3.05, 3.63) is 0 Å². The Bertz CT molecular complexity index is 557. The molecule has 1 aromatic heterocycles. The van der Waals surface area contributed by atoms with Gasteiger partial charge in [0, 0.05) is 43.8 Å². The third kappa shape index (κ3) is 4.16. The molecule has 8 heteroatoms. The zero-order valence-electron chi connectivity index (χ0n) is 14.6. The molecule has 7 nitrogen and oxygen atoms in total. The summed E-state index contributed by atoms with van der Waals surface area (Å²) in [6.07, 6.45) is 3.62. The largest absolute Gasteiger partial charge is 0.367 e. The monoisotopic (exact) mass is 352 g/mol. The fourth-order valence-electron chi connectivity index (χ4n) is 3.69. The van der Waals surface area contributed by atoms with Crippen LogP contribution in [0.1, 0.15) is 33.1 Å². The van der Waals surface area contributed by atoms with Gasteiger partial charge in [0.15, 0.2) is 0 Å². The molecule has 0 unspecified atom stereocenters. The second-order valence-electron chi connectivity index (χ2n) is 7.14. The van der Waals surface area contributed by atoms with Gasteiger partial charge in [0.25, 0.3) is 0 Å². The number of piperazine rings is 1. The molecule has 134 valence electrons. The number of nitrogen functional groups attached to an aromatic ring is 1. The molecule has 0 spiro atoms. The first-order chi connectivity index (χ1) is 11.5. The van der Waals surface area contributed by atoms with Crippen LogP contribution in [0.15, 0.2) is 0 Å². The highest BCUT2D eigenvalue weighted by atomic mass is 32.1. The number of anilines is 2. The number of carbonyl (C=O) groups excluding carboxylic acids is 1. The summed E-state index contributed by atoms with van der Waals surface area (Å²) in [5.74, 6) is 1.77. The van der Waals surface area contributed by atoms with E-state index in [1.807, 2.05) is 0 Å². The fourth-order valence-corrected chi connectivity index (χ4v) is 4.34. The maximum atomic E-state index is 12.4. The van der Waals surface area contributed by atoms with Crippen LogP contribution < -0.4 is 16.0 Å². The summed E-state index contributed by atoms with van der Waals surface area (Å²) >= 11 is 1.34. The topological polar surface area (TPSA) is 87.4 Å². The molecule has 2 aliphatic rings. The molecule has 1 aromatic rings. The summed E-state index contributed by atoms with van der Waals surface area (Å²) in [5.41, 5.74) is 5.59. The third-order valence-corrected chi connectivity index (χ3v) is 6.29. The Morgan fingerprint density at radius 1 is 1.29 bits per heavy atom. The van der Waals surface area contributed by atoms with Crippen LogP contribution in [0.4, 0.5) is 11.1 Å². The van der Waals surface area contributed by atoms with Crippen LogP contribution in [0.5, 0.6) is 0 Å². The number of aromatic nitrogens is 2. The second-order valence-corrected chi connectivity index (χ2v) is 7.87. The number of carbonyl (C=O) groups is 1. The van der Waals surface area contributed by atoms with E-state index in [9.17, 15) is 4.79 Å². The van der Waals surface area contributed by atoms with E-state index in [1.54, 1.807) is 0 Å². The van der Waals surface area contributed by atoms with Gasteiger partial charge in [-0.1, -0.05) is 26.7 Å². The molecule has 0 bridgehead atoms. The summed E-state index contributed by atoms with van der Waals surface area (Å²) in [6.45, 7) is 8.50. The summed E-state index contributed by atoms with van der Waals surface area (Å²) in [7, 11) is 0. The van der Waals surface area contributed by atoms with Crippen molar-refractivity contribution in [3.8, 4) is 0 Å². The maximum absolute atomic E-state index is 12.4. The average molecular weight is 353 g/mol. The van der Waals surface area contributed by atoms with Crippen molar-refractivity contribution >= 4 is 28.5 Å². The molecule has 2 heterocycles. The van der Waals surface area contributed by atoms with Crippen molar-refractivity contribution in [1.29, 1.82) is 0 Å². The fraction of sp³-hybridized carbons (Fsp3) is 0.812. The highest BCUT2D eigenvalue weighted by Crippen LogP contribution is 2.29. The second kappa shape index (κ2) is 7.65. The summed E-state index contributed by atoms with van der Waals surface area (Å²) < 4.78 is 4.03. The van der Waals surface area contributed by atoms with E-state index in [0.29, 0.717) is 30.4 Å². The van der Waals surface area contributed by atoms with Gasteiger partial charge in [-0.2, -0.15) is 9.36 Å². The quantitative estimate of drug-likeness (QED) is 0.846. The minimum atomic E-state index is 0.162. The molecular weight excluding hydrogens is 324 g/mol. The lowest BCUT2D eigenvalue weighted by molar-refractivity contribution is -0.123. The SMILES string of the molecule is C[C@@H]1[C@H](C)CCC[C@H]1NC(=O)CN1CCN(c2nc(N)ns2)CC1. The number of hydrogen-bond acceptors (Lipinski definition) is 7. The van der Waals surface area contributed by atoms with Gasteiger partial charge in [0.1, 0.15) is 0 Å². The maximum Gasteiger partial charge on any atom is 0.234 e. The zero-order valence-corrected chi connectivity index (χ0v) is 15.4. The Hall–Kier alpha value is -1.41. The van der Waals surface area contributed by atoms with E-state index in [-0.39, 0.29) is 5.91 Å². The molecular formula is C16H28N6OS. The zero-order chi connectivity index (χ0) is 17.1. The van der Waals surface area contributed by atoms with Gasteiger partial charge in [-0.05, 0) is 18.3 Å². The van der Waals surface area contributed by atoms with Crippen LogP contribution in [-0.2, 0) is 4.79 Å². The summed E-state index contributed by atoms with van der Waals surface area (Å²) in [5, 5.41) is 4.14. The van der Waals surface area contributed by atoms with Crippen molar-refractivity contribution in [2.45, 2.75) is 39.2 Å². The van der Waals surface area contributed by atoms with E-state index >= 15 is 0 Å². The van der Waals surface area contributed by atoms with Gasteiger partial charge in [-0.25, -0.2) is 0 Å². The van der Waals surface area contributed by atoms with Crippen LogP contribution in [0, 0.1) is 11.8 Å². The van der Waals surface area contributed by atoms with Gasteiger partial charge in [0.05, 0.1) is 6.54 Å². The first-order valence-corrected chi connectivity index (χ1v) is 9.66. The lowest BCUT2D eigenvalue weighted by Gasteiger charge is -2.36. The van der Waals surface area contributed by atoms with Crippen LogP contribution in [0.25, 0.3) is 0 Å². The standard InChI is InChI=1S/C16H28N6OS/c1-11-4-3-5-13(12(11)2)18-14(23)10-21-6-8-22(9-7-21)16-19-15(17)20-24-16/h11-13H,3-10H2,1-2H3,(H2,17,20)(H,18,23)/t11-,12-,13-/m1/s1. The Labute approximate surface area is 147 Å². The van der Waals surface area contributed by atoms with Crippen LogP contribution in [0.2, 0.25) is 0 Å². The van der Waals surface area contributed by atoms with Gasteiger partial charge >= 0.3 is 0 Å². The molecule has 0 radical (unpaired) electrons. The van der Waals surface area contributed by atoms with Crippen molar-refractivity contribution in [1.82, 2.24) is 19.6 Å². The van der Waals surface area contributed by atoms with Crippen LogP contribution >= 0.6 is 11.5 Å². The third-order valence-electron chi connectivity index (χ3n) is 5.49. The number of nitrogens with one attached hydrogen (secondary N) is 1. The molecule has 1 saturated heterocycles. The highest BCUT2D eigenvalue weighted by Gasteiger charge is 2.29. The predicted molar refractivity (Wildman–Crippen MR) is 97.1 cm³/mol. The Morgan fingerprint density at radius 2 is 2.04 bits per heavy atom. The Morgan fingerprint density at radius 3 is 2.71 bits per heavy atom. The molecule has 3 N–H and O–H groups in total. The van der Waals surface area contributed by atoms with Crippen molar-refractivity contribution < 1.29 is 4.79 Å². The van der Waals surface area contributed by atoms with E-state index in [2.05, 4.69) is 38.3 Å². The lowest BCUT2D eigenvalue weighted by atomic mass is 9.78.